The first-order chi connectivity index (χ1) is 15.0. The maximum absolute atomic E-state index is 12.9. The molecule has 1 aliphatic rings. The summed E-state index contributed by atoms with van der Waals surface area (Å²) >= 11 is 0. The molecule has 2 aromatic rings. The molecule has 0 saturated carbocycles. The smallest absolute Gasteiger partial charge is 0.369 e. The van der Waals surface area contributed by atoms with Crippen LogP contribution in [0.25, 0.3) is 0 Å². The van der Waals surface area contributed by atoms with Crippen LogP contribution in [0.5, 0.6) is 0 Å². The number of anilines is 1. The Morgan fingerprint density at radius 2 is 1.69 bits per heavy atom. The van der Waals surface area contributed by atoms with E-state index in [1.165, 1.54) is 18.2 Å². The molecule has 7 nitrogen and oxygen atoms in total. The van der Waals surface area contributed by atoms with Gasteiger partial charge < -0.3 is 10.2 Å². The minimum absolute atomic E-state index is 0.0366. The molecular weight excluding hydrogens is 445 g/mol. The summed E-state index contributed by atoms with van der Waals surface area (Å²) in [6, 6.07) is 11.4. The number of hydrogen-bond donors (Lipinski definition) is 2. The number of benzene rings is 2. The van der Waals surface area contributed by atoms with Crippen LogP contribution < -0.4 is 15.4 Å². The number of piperazine rings is 1. The molecule has 0 aromatic heterocycles. The van der Waals surface area contributed by atoms with E-state index >= 15 is 0 Å². The van der Waals surface area contributed by atoms with Crippen molar-refractivity contribution in [2.75, 3.05) is 44.2 Å². The maximum atomic E-state index is 12.9. The van der Waals surface area contributed by atoms with Crippen molar-refractivity contribution in [1.82, 2.24) is 10.2 Å². The van der Waals surface area contributed by atoms with Gasteiger partial charge in [0.15, 0.2) is 0 Å². The second-order valence-electron chi connectivity index (χ2n) is 7.60. The Kier molecular flexibility index (Phi) is 7.42. The Morgan fingerprint density at radius 1 is 1.03 bits per heavy atom. The van der Waals surface area contributed by atoms with Gasteiger partial charge >= 0.3 is 6.18 Å². The molecule has 3 rings (SSSR count). The summed E-state index contributed by atoms with van der Waals surface area (Å²) in [5.41, 5.74) is 0.723. The van der Waals surface area contributed by atoms with Crippen LogP contribution in [0.1, 0.15) is 11.1 Å². The van der Waals surface area contributed by atoms with E-state index in [1.807, 2.05) is 9.80 Å². The van der Waals surface area contributed by atoms with Crippen LogP contribution in [0.15, 0.2) is 53.4 Å². The molecule has 1 fully saturated rings. The first-order valence-corrected chi connectivity index (χ1v) is 11.6. The van der Waals surface area contributed by atoms with Crippen molar-refractivity contribution in [3.63, 3.8) is 0 Å². The second kappa shape index (κ2) is 9.88. The SMILES string of the molecule is NS(=O)(=O)c1ccc(CCNC(=O)CN2CCN(c3cccc(C(F)(F)F)c3)CC2)cc1. The average Bonchev–Trinajstić information content (AvgIpc) is 2.73. The number of primary sulfonamides is 1. The van der Waals surface area contributed by atoms with Crippen molar-refractivity contribution in [2.24, 2.45) is 5.14 Å². The van der Waals surface area contributed by atoms with E-state index in [9.17, 15) is 26.4 Å². The average molecular weight is 471 g/mol. The van der Waals surface area contributed by atoms with Gasteiger partial charge in [0.2, 0.25) is 15.9 Å². The van der Waals surface area contributed by atoms with Gasteiger partial charge in [-0.2, -0.15) is 13.2 Å². The van der Waals surface area contributed by atoms with Crippen LogP contribution in [-0.2, 0) is 27.4 Å². The number of rotatable bonds is 7. The number of halogens is 3. The molecule has 0 atom stereocenters. The third-order valence-electron chi connectivity index (χ3n) is 5.27. The van der Waals surface area contributed by atoms with E-state index in [2.05, 4.69) is 5.32 Å². The van der Waals surface area contributed by atoms with Crippen molar-refractivity contribution in [2.45, 2.75) is 17.5 Å². The summed E-state index contributed by atoms with van der Waals surface area (Å²) in [4.78, 5) is 16.1. The van der Waals surface area contributed by atoms with Gasteiger partial charge in [0.05, 0.1) is 17.0 Å². The monoisotopic (exact) mass is 470 g/mol. The molecule has 1 amide bonds. The highest BCUT2D eigenvalue weighted by Gasteiger charge is 2.31. The largest absolute Gasteiger partial charge is 0.416 e. The minimum Gasteiger partial charge on any atom is -0.369 e. The number of alkyl halides is 3. The van der Waals surface area contributed by atoms with Gasteiger partial charge in [-0.15, -0.1) is 0 Å². The fraction of sp³-hybridized carbons (Fsp3) is 0.381. The number of sulfonamides is 1. The first kappa shape index (κ1) is 24.0. The predicted octanol–water partition coefficient (Wildman–Crippen LogP) is 1.83. The first-order valence-electron chi connectivity index (χ1n) is 10.1. The van der Waals surface area contributed by atoms with E-state index in [-0.39, 0.29) is 17.3 Å². The van der Waals surface area contributed by atoms with Crippen LogP contribution in [0.3, 0.4) is 0 Å². The van der Waals surface area contributed by atoms with Crippen LogP contribution >= 0.6 is 0 Å². The lowest BCUT2D eigenvalue weighted by molar-refractivity contribution is -0.137. The molecule has 32 heavy (non-hydrogen) atoms. The number of carbonyl (C=O) groups is 1. The van der Waals surface area contributed by atoms with E-state index in [1.54, 1.807) is 18.2 Å². The van der Waals surface area contributed by atoms with Gasteiger partial charge in [0.25, 0.3) is 0 Å². The zero-order valence-corrected chi connectivity index (χ0v) is 18.1. The molecule has 1 heterocycles. The summed E-state index contributed by atoms with van der Waals surface area (Å²) in [7, 11) is -3.73. The summed E-state index contributed by atoms with van der Waals surface area (Å²) < 4.78 is 61.3. The van der Waals surface area contributed by atoms with E-state index in [0.717, 1.165) is 17.7 Å². The van der Waals surface area contributed by atoms with E-state index < -0.39 is 21.8 Å². The highest BCUT2D eigenvalue weighted by molar-refractivity contribution is 7.89. The summed E-state index contributed by atoms with van der Waals surface area (Å²) in [5.74, 6) is -0.140. The van der Waals surface area contributed by atoms with Crippen molar-refractivity contribution >= 4 is 21.6 Å². The molecule has 0 spiro atoms. The lowest BCUT2D eigenvalue weighted by atomic mass is 10.1. The van der Waals surface area contributed by atoms with Crippen molar-refractivity contribution in [3.05, 3.63) is 59.7 Å². The number of nitrogens with zero attached hydrogens (tertiary/aromatic N) is 2. The third kappa shape index (κ3) is 6.68. The molecule has 3 N–H and O–H groups in total. The number of carbonyl (C=O) groups excluding carboxylic acids is 1. The lowest BCUT2D eigenvalue weighted by Gasteiger charge is -2.36. The van der Waals surface area contributed by atoms with Gasteiger partial charge in [-0.25, -0.2) is 13.6 Å². The number of amides is 1. The zero-order chi connectivity index (χ0) is 23.4. The topological polar surface area (TPSA) is 95.7 Å². The molecule has 0 aliphatic carbocycles. The standard InChI is InChI=1S/C21H25F3N4O3S/c22-21(23,24)17-2-1-3-18(14-17)28-12-10-27(11-13-28)15-20(29)26-9-8-16-4-6-19(7-5-16)32(25,30)31/h1-7,14H,8-13,15H2,(H,26,29)(H2,25,30,31). The Balaban J connectivity index is 1.41. The minimum atomic E-state index is -4.37. The summed E-state index contributed by atoms with van der Waals surface area (Å²) in [5, 5.41) is 7.89. The Bertz CT molecular complexity index is 1040. The Hall–Kier alpha value is -2.63. The number of hydrogen-bond acceptors (Lipinski definition) is 5. The molecule has 0 unspecified atom stereocenters. The van der Waals surface area contributed by atoms with Crippen LogP contribution in [0.2, 0.25) is 0 Å². The van der Waals surface area contributed by atoms with Crippen LogP contribution in [0.4, 0.5) is 18.9 Å². The van der Waals surface area contributed by atoms with E-state index in [4.69, 9.17) is 5.14 Å². The maximum Gasteiger partial charge on any atom is 0.416 e. The van der Waals surface area contributed by atoms with Crippen LogP contribution in [-0.4, -0.2) is 58.5 Å². The quantitative estimate of drug-likeness (QED) is 0.644. The number of nitrogens with two attached hydrogens (primary N) is 1. The zero-order valence-electron chi connectivity index (χ0n) is 17.3. The second-order valence-corrected chi connectivity index (χ2v) is 9.16. The van der Waals surface area contributed by atoms with E-state index in [0.29, 0.717) is 44.8 Å². The third-order valence-corrected chi connectivity index (χ3v) is 6.20. The molecule has 174 valence electrons. The molecule has 0 radical (unpaired) electrons. The fourth-order valence-corrected chi connectivity index (χ4v) is 4.01. The molecular formula is C21H25F3N4O3S. The molecule has 1 saturated heterocycles. The Morgan fingerprint density at radius 3 is 2.28 bits per heavy atom. The molecule has 0 bridgehead atoms. The molecule has 1 aliphatic heterocycles. The molecule has 2 aromatic carbocycles. The van der Waals surface area contributed by atoms with Crippen molar-refractivity contribution in [1.29, 1.82) is 0 Å². The van der Waals surface area contributed by atoms with Gasteiger partial charge in [-0.1, -0.05) is 18.2 Å². The predicted molar refractivity (Wildman–Crippen MR) is 115 cm³/mol. The number of nitrogens with one attached hydrogen (secondary N) is 1. The molecule has 11 heteroatoms. The van der Waals surface area contributed by atoms with Gasteiger partial charge in [-0.3, -0.25) is 9.69 Å². The van der Waals surface area contributed by atoms with Crippen LogP contribution in [0, 0.1) is 0 Å². The Labute approximate surface area is 185 Å². The van der Waals surface area contributed by atoms with Crippen molar-refractivity contribution in [3.8, 4) is 0 Å². The normalized spacial score (nSPS) is 15.6. The highest BCUT2D eigenvalue weighted by atomic mass is 32.2. The highest BCUT2D eigenvalue weighted by Crippen LogP contribution is 2.31. The van der Waals surface area contributed by atoms with Gasteiger partial charge in [0.1, 0.15) is 0 Å². The van der Waals surface area contributed by atoms with Gasteiger partial charge in [0, 0.05) is 38.4 Å². The fourth-order valence-electron chi connectivity index (χ4n) is 3.49. The summed E-state index contributed by atoms with van der Waals surface area (Å²) in [6.45, 7) is 2.81. The van der Waals surface area contributed by atoms with Gasteiger partial charge in [-0.05, 0) is 42.3 Å². The summed E-state index contributed by atoms with van der Waals surface area (Å²) in [6.07, 6.45) is -3.83. The lowest BCUT2D eigenvalue weighted by Crippen LogP contribution is -2.49. The van der Waals surface area contributed by atoms with Crippen molar-refractivity contribution < 1.29 is 26.4 Å².